The normalized spacial score (nSPS) is 15.4. The van der Waals surface area contributed by atoms with Crippen LogP contribution < -0.4 is 16.0 Å². The third-order valence-electron chi connectivity index (χ3n) is 5.09. The first-order valence-corrected chi connectivity index (χ1v) is 9.11. The van der Waals surface area contributed by atoms with Gasteiger partial charge in [0.05, 0.1) is 18.0 Å². The van der Waals surface area contributed by atoms with Crippen LogP contribution in [0.1, 0.15) is 28.3 Å². The number of benzene rings is 2. The number of allylic oxidation sites excluding steroid dienone is 1. The molecule has 2 heterocycles. The number of fused-ring (bicyclic) bond motifs is 1. The molecule has 1 aliphatic heterocycles. The van der Waals surface area contributed by atoms with Gasteiger partial charge in [0.25, 0.3) is 5.56 Å². The molecule has 2 aromatic carbocycles. The van der Waals surface area contributed by atoms with Crippen LogP contribution in [0, 0.1) is 24.1 Å². The fourth-order valence-corrected chi connectivity index (χ4v) is 3.67. The summed E-state index contributed by atoms with van der Waals surface area (Å²) >= 11 is 0. The van der Waals surface area contributed by atoms with Gasteiger partial charge in [-0.3, -0.25) is 4.79 Å². The lowest BCUT2D eigenvalue weighted by Gasteiger charge is -2.27. The van der Waals surface area contributed by atoms with Crippen molar-refractivity contribution < 1.29 is 9.13 Å². The molecule has 0 radical (unpaired) electrons. The summed E-state index contributed by atoms with van der Waals surface area (Å²) in [5.74, 6) is -1.31. The number of halogens is 1. The van der Waals surface area contributed by atoms with Crippen LogP contribution in [-0.4, -0.2) is 4.57 Å². The summed E-state index contributed by atoms with van der Waals surface area (Å²) in [6, 6.07) is 19.3. The lowest BCUT2D eigenvalue weighted by molar-refractivity contribution is 0.387. The number of hydrogen-bond donors (Lipinski definition) is 1. The van der Waals surface area contributed by atoms with E-state index in [-0.39, 0.29) is 33.9 Å². The molecule has 29 heavy (non-hydrogen) atoms. The van der Waals surface area contributed by atoms with E-state index in [1.807, 2.05) is 36.4 Å². The summed E-state index contributed by atoms with van der Waals surface area (Å²) in [6.45, 7) is 2.15. The smallest absolute Gasteiger partial charge is 0.259 e. The van der Waals surface area contributed by atoms with Gasteiger partial charge in [0.15, 0.2) is 0 Å². The molecule has 0 fully saturated rings. The second kappa shape index (κ2) is 7.28. The molecule has 4 rings (SSSR count). The number of aromatic nitrogens is 1. The van der Waals surface area contributed by atoms with Crippen LogP contribution in [0.15, 0.2) is 76.9 Å². The lowest BCUT2D eigenvalue weighted by atomic mass is 9.83. The number of aryl methyl sites for hydroxylation is 1. The van der Waals surface area contributed by atoms with E-state index in [4.69, 9.17) is 10.5 Å². The molecule has 1 aliphatic rings. The van der Waals surface area contributed by atoms with E-state index in [9.17, 15) is 14.4 Å². The Bertz CT molecular complexity index is 1220. The van der Waals surface area contributed by atoms with Gasteiger partial charge in [-0.25, -0.2) is 4.39 Å². The zero-order chi connectivity index (χ0) is 20.5. The zero-order valence-electron chi connectivity index (χ0n) is 15.7. The van der Waals surface area contributed by atoms with Crippen LogP contribution in [0.25, 0.3) is 0 Å². The second-order valence-electron chi connectivity index (χ2n) is 6.89. The number of nitrogens with zero attached hydrogens (tertiary/aromatic N) is 2. The van der Waals surface area contributed by atoms with Gasteiger partial charge in [0.1, 0.15) is 23.2 Å². The Morgan fingerprint density at radius 3 is 2.55 bits per heavy atom. The van der Waals surface area contributed by atoms with E-state index in [2.05, 4.69) is 0 Å². The van der Waals surface area contributed by atoms with Crippen LogP contribution in [0.3, 0.4) is 0 Å². The minimum absolute atomic E-state index is 0.0230. The van der Waals surface area contributed by atoms with Crippen LogP contribution in [0.5, 0.6) is 5.75 Å². The molecule has 1 atom stereocenters. The molecular formula is C23H18FN3O2. The Kier molecular flexibility index (Phi) is 4.65. The van der Waals surface area contributed by atoms with Crippen molar-refractivity contribution >= 4 is 0 Å². The SMILES string of the molecule is Cc1cc2c(c(=O)n1Cc1ccccc1)[C@@H](c1ccccc1F)C(C#N)=C(N)O2. The maximum Gasteiger partial charge on any atom is 0.259 e. The highest BCUT2D eigenvalue weighted by Crippen LogP contribution is 2.41. The molecule has 0 unspecified atom stereocenters. The number of ether oxygens (including phenoxy) is 1. The molecule has 0 bridgehead atoms. The Balaban J connectivity index is 1.96. The number of pyridine rings is 1. The Morgan fingerprint density at radius 2 is 1.86 bits per heavy atom. The van der Waals surface area contributed by atoms with Crippen molar-refractivity contribution in [3.8, 4) is 11.8 Å². The lowest BCUT2D eigenvalue weighted by Crippen LogP contribution is -2.33. The van der Waals surface area contributed by atoms with Gasteiger partial charge < -0.3 is 15.0 Å². The van der Waals surface area contributed by atoms with Crippen molar-refractivity contribution in [3.05, 3.63) is 111 Å². The summed E-state index contributed by atoms with van der Waals surface area (Å²) in [6.07, 6.45) is 0. The highest BCUT2D eigenvalue weighted by molar-refractivity contribution is 5.55. The van der Waals surface area contributed by atoms with Crippen LogP contribution in [0.4, 0.5) is 4.39 Å². The highest BCUT2D eigenvalue weighted by atomic mass is 19.1. The van der Waals surface area contributed by atoms with Crippen molar-refractivity contribution in [3.63, 3.8) is 0 Å². The molecule has 144 valence electrons. The monoisotopic (exact) mass is 387 g/mol. The molecule has 6 heteroatoms. The predicted molar refractivity (Wildman–Crippen MR) is 107 cm³/mol. The van der Waals surface area contributed by atoms with E-state index >= 15 is 0 Å². The molecule has 0 saturated heterocycles. The fourth-order valence-electron chi connectivity index (χ4n) is 3.67. The molecule has 0 saturated carbocycles. The molecule has 0 spiro atoms. The van der Waals surface area contributed by atoms with E-state index in [0.29, 0.717) is 12.2 Å². The summed E-state index contributed by atoms with van der Waals surface area (Å²) in [5.41, 5.74) is 7.69. The van der Waals surface area contributed by atoms with Gasteiger partial charge in [-0.1, -0.05) is 48.5 Å². The van der Waals surface area contributed by atoms with Crippen molar-refractivity contribution in [1.29, 1.82) is 5.26 Å². The van der Waals surface area contributed by atoms with E-state index < -0.39 is 11.7 Å². The largest absolute Gasteiger partial charge is 0.440 e. The van der Waals surface area contributed by atoms with Crippen molar-refractivity contribution in [2.45, 2.75) is 19.4 Å². The van der Waals surface area contributed by atoms with Crippen molar-refractivity contribution in [2.24, 2.45) is 5.73 Å². The molecule has 5 nitrogen and oxygen atoms in total. The molecule has 0 aliphatic carbocycles. The van der Waals surface area contributed by atoms with Gasteiger partial charge in [0.2, 0.25) is 5.88 Å². The Labute approximate surface area is 167 Å². The Morgan fingerprint density at radius 1 is 1.17 bits per heavy atom. The average Bonchev–Trinajstić information content (AvgIpc) is 2.71. The van der Waals surface area contributed by atoms with Gasteiger partial charge in [-0.2, -0.15) is 5.26 Å². The standard InChI is InChI=1S/C23H18FN3O2/c1-14-11-19-21(23(28)27(14)13-15-7-3-2-4-8-15)20(17(12-25)22(26)29-19)16-9-5-6-10-18(16)24/h2-11,20H,13,26H2,1H3/t20-/m0/s1. The number of nitrogens with two attached hydrogens (primary N) is 1. The second-order valence-corrected chi connectivity index (χ2v) is 6.89. The molecular weight excluding hydrogens is 369 g/mol. The molecule has 3 aromatic rings. The fraction of sp³-hybridized carbons (Fsp3) is 0.130. The van der Waals surface area contributed by atoms with E-state index in [0.717, 1.165) is 5.56 Å². The Hall–Kier alpha value is -3.85. The maximum atomic E-state index is 14.6. The van der Waals surface area contributed by atoms with Gasteiger partial charge in [-0.15, -0.1) is 0 Å². The molecule has 2 N–H and O–H groups in total. The highest BCUT2D eigenvalue weighted by Gasteiger charge is 2.35. The first kappa shape index (κ1) is 18.5. The van der Waals surface area contributed by atoms with Crippen LogP contribution >= 0.6 is 0 Å². The quantitative estimate of drug-likeness (QED) is 0.745. The minimum atomic E-state index is -0.930. The third kappa shape index (κ3) is 3.17. The van der Waals surface area contributed by atoms with Crippen LogP contribution in [0.2, 0.25) is 0 Å². The minimum Gasteiger partial charge on any atom is -0.440 e. The van der Waals surface area contributed by atoms with Gasteiger partial charge >= 0.3 is 0 Å². The maximum absolute atomic E-state index is 14.6. The summed E-state index contributed by atoms with van der Waals surface area (Å²) in [7, 11) is 0. The number of hydrogen-bond acceptors (Lipinski definition) is 4. The van der Waals surface area contributed by atoms with E-state index in [1.54, 1.807) is 35.8 Å². The zero-order valence-corrected chi connectivity index (χ0v) is 15.7. The first-order chi connectivity index (χ1) is 14.0. The van der Waals surface area contributed by atoms with E-state index in [1.165, 1.54) is 6.07 Å². The number of rotatable bonds is 3. The van der Waals surface area contributed by atoms with Crippen molar-refractivity contribution in [1.82, 2.24) is 4.57 Å². The van der Waals surface area contributed by atoms with Gasteiger partial charge in [0, 0.05) is 17.3 Å². The average molecular weight is 387 g/mol. The number of nitriles is 1. The molecule has 0 amide bonds. The topological polar surface area (TPSA) is 81.0 Å². The van der Waals surface area contributed by atoms with Crippen molar-refractivity contribution in [2.75, 3.05) is 0 Å². The summed E-state index contributed by atoms with van der Waals surface area (Å²) < 4.78 is 21.8. The third-order valence-corrected chi connectivity index (χ3v) is 5.09. The predicted octanol–water partition coefficient (Wildman–Crippen LogP) is 3.56. The van der Waals surface area contributed by atoms with Gasteiger partial charge in [-0.05, 0) is 18.6 Å². The summed E-state index contributed by atoms with van der Waals surface area (Å²) in [5, 5.41) is 9.66. The summed E-state index contributed by atoms with van der Waals surface area (Å²) in [4.78, 5) is 13.5. The molecule has 1 aromatic heterocycles. The van der Waals surface area contributed by atoms with Crippen LogP contribution in [-0.2, 0) is 6.54 Å². The first-order valence-electron chi connectivity index (χ1n) is 9.11.